The fourth-order valence-electron chi connectivity index (χ4n) is 2.75. The summed E-state index contributed by atoms with van der Waals surface area (Å²) in [4.78, 5) is 34.9. The third kappa shape index (κ3) is 7.00. The lowest BCUT2D eigenvalue weighted by Gasteiger charge is -2.11. The molecule has 3 rings (SSSR count). The molecule has 174 valence electrons. The number of hydrogen-bond acceptors (Lipinski definition) is 7. The smallest absolute Gasteiger partial charge is 0.282 e. The first-order valence-corrected chi connectivity index (χ1v) is 10.4. The van der Waals surface area contributed by atoms with E-state index in [4.69, 9.17) is 21.7 Å². The molecule has 0 heterocycles. The van der Waals surface area contributed by atoms with Gasteiger partial charge in [-0.1, -0.05) is 30.3 Å². The van der Waals surface area contributed by atoms with Gasteiger partial charge in [-0.15, -0.1) is 0 Å². The van der Waals surface area contributed by atoms with Gasteiger partial charge in [0.2, 0.25) is 0 Å². The van der Waals surface area contributed by atoms with E-state index in [-0.39, 0.29) is 16.4 Å². The van der Waals surface area contributed by atoms with Crippen molar-refractivity contribution in [1.29, 1.82) is 0 Å². The Hall–Kier alpha value is -4.51. The molecule has 0 unspecified atom stereocenters. The second-order valence-electron chi connectivity index (χ2n) is 6.67. The number of nitro groups is 1. The normalized spacial score (nSPS) is 10.0. The largest absolute Gasteiger partial charge is 0.490 e. The predicted octanol–water partition coefficient (Wildman–Crippen LogP) is 3.00. The summed E-state index contributed by atoms with van der Waals surface area (Å²) in [5.74, 6) is 0.0181. The molecule has 10 nitrogen and oxygen atoms in total. The van der Waals surface area contributed by atoms with E-state index >= 15 is 0 Å². The molecule has 0 bridgehead atoms. The van der Waals surface area contributed by atoms with Crippen molar-refractivity contribution in [3.05, 3.63) is 100 Å². The van der Waals surface area contributed by atoms with E-state index in [9.17, 15) is 19.7 Å². The van der Waals surface area contributed by atoms with Crippen LogP contribution in [-0.2, 0) is 0 Å². The molecule has 34 heavy (non-hydrogen) atoms. The average Bonchev–Trinajstić information content (AvgIpc) is 2.86. The van der Waals surface area contributed by atoms with E-state index in [1.807, 2.05) is 30.3 Å². The van der Waals surface area contributed by atoms with Crippen molar-refractivity contribution in [2.75, 3.05) is 13.2 Å². The molecule has 11 heteroatoms. The molecule has 0 aromatic heterocycles. The minimum atomic E-state index is -0.776. The Bertz CT molecular complexity index is 1170. The number of rotatable bonds is 8. The molecule has 0 saturated carbocycles. The number of ether oxygens (including phenoxy) is 2. The SMILES string of the molecule is O=C(NC(=S)NNC(=O)c1ccccc1[N+](=O)[O-])c1ccc(OCCOc2ccccc2)cc1. The number of nitrogens with zero attached hydrogens (tertiary/aromatic N) is 1. The second-order valence-corrected chi connectivity index (χ2v) is 7.08. The molecule has 0 radical (unpaired) electrons. The zero-order chi connectivity index (χ0) is 24.3. The number of amides is 2. The van der Waals surface area contributed by atoms with Gasteiger partial charge in [0.1, 0.15) is 30.3 Å². The quantitative estimate of drug-likeness (QED) is 0.194. The number of hydrazine groups is 1. The van der Waals surface area contributed by atoms with Gasteiger partial charge in [-0.05, 0) is 54.7 Å². The van der Waals surface area contributed by atoms with E-state index in [0.29, 0.717) is 24.5 Å². The summed E-state index contributed by atoms with van der Waals surface area (Å²) in [5.41, 5.74) is 4.36. The Morgan fingerprint density at radius 1 is 0.794 bits per heavy atom. The average molecular weight is 481 g/mol. The first kappa shape index (κ1) is 24.1. The minimum Gasteiger partial charge on any atom is -0.490 e. The van der Waals surface area contributed by atoms with Gasteiger partial charge in [0.15, 0.2) is 5.11 Å². The number of hydrogen-bond donors (Lipinski definition) is 3. The van der Waals surface area contributed by atoms with Crippen molar-refractivity contribution in [3.63, 3.8) is 0 Å². The number of nitro benzene ring substituents is 1. The summed E-state index contributed by atoms with van der Waals surface area (Å²) in [6.45, 7) is 0.692. The molecule has 0 aliphatic heterocycles. The first-order chi connectivity index (χ1) is 16.4. The highest BCUT2D eigenvalue weighted by molar-refractivity contribution is 7.80. The molecule has 0 aliphatic carbocycles. The van der Waals surface area contributed by atoms with Gasteiger partial charge in [0.25, 0.3) is 17.5 Å². The van der Waals surface area contributed by atoms with E-state index in [0.717, 1.165) is 5.75 Å². The van der Waals surface area contributed by atoms with Crippen molar-refractivity contribution < 1.29 is 24.0 Å². The number of carbonyl (C=O) groups is 2. The fraction of sp³-hybridized carbons (Fsp3) is 0.0870. The summed E-state index contributed by atoms with van der Waals surface area (Å²) in [6.07, 6.45) is 0. The van der Waals surface area contributed by atoms with Gasteiger partial charge >= 0.3 is 0 Å². The molecule has 3 aromatic rings. The van der Waals surface area contributed by atoms with Crippen molar-refractivity contribution in [1.82, 2.24) is 16.2 Å². The molecule has 3 N–H and O–H groups in total. The van der Waals surface area contributed by atoms with Crippen LogP contribution in [0.15, 0.2) is 78.9 Å². The standard InChI is InChI=1S/C23H20N4O6S/c28-21(24-23(34)26-25-22(29)19-8-4-5-9-20(19)27(30)31)16-10-12-18(13-11-16)33-15-14-32-17-6-2-1-3-7-17/h1-13H,14-15H2,(H,25,29)(H2,24,26,28,34). The Labute approximate surface area is 200 Å². The summed E-state index contributed by atoms with van der Waals surface area (Å²) in [6, 6.07) is 21.2. The monoisotopic (exact) mass is 480 g/mol. The Kier molecular flexibility index (Phi) is 8.47. The maximum atomic E-state index is 12.3. The van der Waals surface area contributed by atoms with Gasteiger partial charge in [-0.25, -0.2) is 0 Å². The Balaban J connectivity index is 1.43. The van der Waals surface area contributed by atoms with Crippen molar-refractivity contribution in [2.24, 2.45) is 0 Å². The fourth-order valence-corrected chi connectivity index (χ4v) is 2.89. The highest BCUT2D eigenvalue weighted by Gasteiger charge is 2.19. The first-order valence-electron chi connectivity index (χ1n) is 10.00. The molecular weight excluding hydrogens is 460 g/mol. The van der Waals surface area contributed by atoms with Gasteiger partial charge < -0.3 is 9.47 Å². The lowest BCUT2D eigenvalue weighted by Crippen LogP contribution is -2.48. The molecule has 0 fully saturated rings. The maximum Gasteiger partial charge on any atom is 0.282 e. The van der Waals surface area contributed by atoms with Crippen molar-refractivity contribution >= 4 is 34.8 Å². The number of thiocarbonyl (C=S) groups is 1. The van der Waals surface area contributed by atoms with Gasteiger partial charge in [0.05, 0.1) is 4.92 Å². The predicted molar refractivity (Wildman–Crippen MR) is 128 cm³/mol. The van der Waals surface area contributed by atoms with Crippen LogP contribution in [0.5, 0.6) is 11.5 Å². The van der Waals surface area contributed by atoms with Crippen LogP contribution in [0.2, 0.25) is 0 Å². The van der Waals surface area contributed by atoms with Crippen LogP contribution in [-0.4, -0.2) is 35.1 Å². The van der Waals surface area contributed by atoms with Crippen LogP contribution in [0, 0.1) is 10.1 Å². The lowest BCUT2D eigenvalue weighted by molar-refractivity contribution is -0.385. The zero-order valence-electron chi connectivity index (χ0n) is 17.7. The second kappa shape index (κ2) is 11.9. The molecule has 0 saturated heterocycles. The summed E-state index contributed by atoms with van der Waals surface area (Å²) < 4.78 is 11.1. The molecule has 0 spiro atoms. The molecule has 0 atom stereocenters. The summed E-state index contributed by atoms with van der Waals surface area (Å²) in [5, 5.41) is 13.2. The Morgan fingerprint density at radius 3 is 2.03 bits per heavy atom. The summed E-state index contributed by atoms with van der Waals surface area (Å²) >= 11 is 4.99. The van der Waals surface area contributed by atoms with E-state index in [2.05, 4.69) is 16.2 Å². The highest BCUT2D eigenvalue weighted by Crippen LogP contribution is 2.17. The van der Waals surface area contributed by atoms with Crippen LogP contribution in [0.3, 0.4) is 0 Å². The number of benzene rings is 3. The van der Waals surface area contributed by atoms with E-state index in [1.54, 1.807) is 24.3 Å². The number of nitrogens with one attached hydrogen (secondary N) is 3. The van der Waals surface area contributed by atoms with Crippen LogP contribution in [0.1, 0.15) is 20.7 Å². The third-order valence-electron chi connectivity index (χ3n) is 4.34. The van der Waals surface area contributed by atoms with E-state index in [1.165, 1.54) is 24.3 Å². The molecule has 2 amide bonds. The van der Waals surface area contributed by atoms with Crippen molar-refractivity contribution in [2.45, 2.75) is 0 Å². The topological polar surface area (TPSA) is 132 Å². The van der Waals surface area contributed by atoms with Gasteiger partial charge in [-0.3, -0.25) is 35.9 Å². The number of para-hydroxylation sites is 2. The van der Waals surface area contributed by atoms with Crippen molar-refractivity contribution in [3.8, 4) is 11.5 Å². The molecule has 0 aliphatic rings. The molecular formula is C23H20N4O6S. The van der Waals surface area contributed by atoms with Gasteiger partial charge in [-0.2, -0.15) is 0 Å². The lowest BCUT2D eigenvalue weighted by atomic mass is 10.2. The van der Waals surface area contributed by atoms with E-state index < -0.39 is 16.7 Å². The van der Waals surface area contributed by atoms with Crippen LogP contribution in [0.4, 0.5) is 5.69 Å². The van der Waals surface area contributed by atoms with Crippen LogP contribution >= 0.6 is 12.2 Å². The maximum absolute atomic E-state index is 12.3. The van der Waals surface area contributed by atoms with Gasteiger partial charge in [0, 0.05) is 11.6 Å². The summed E-state index contributed by atoms with van der Waals surface area (Å²) in [7, 11) is 0. The zero-order valence-corrected chi connectivity index (χ0v) is 18.5. The van der Waals surface area contributed by atoms with Crippen LogP contribution < -0.4 is 25.6 Å². The Morgan fingerprint density at radius 2 is 1.38 bits per heavy atom. The minimum absolute atomic E-state index is 0.154. The highest BCUT2D eigenvalue weighted by atomic mass is 32.1. The van der Waals surface area contributed by atoms with Crippen LogP contribution in [0.25, 0.3) is 0 Å². The third-order valence-corrected chi connectivity index (χ3v) is 4.55. The molecule has 3 aromatic carbocycles. The number of carbonyl (C=O) groups excluding carboxylic acids is 2.